The van der Waals surface area contributed by atoms with Crippen molar-refractivity contribution in [2.24, 2.45) is 11.8 Å². The molecule has 0 saturated heterocycles. The second kappa shape index (κ2) is 8.93. The predicted molar refractivity (Wildman–Crippen MR) is 127 cm³/mol. The number of nitrogens with zero attached hydrogens (tertiary/aromatic N) is 2. The van der Waals surface area contributed by atoms with Crippen LogP contribution >= 0.6 is 11.8 Å². The van der Waals surface area contributed by atoms with Gasteiger partial charge >= 0.3 is 5.97 Å². The Morgan fingerprint density at radius 1 is 1.31 bits per heavy atom. The fourth-order valence-electron chi connectivity index (χ4n) is 5.20. The topological polar surface area (TPSA) is 87.1 Å². The van der Waals surface area contributed by atoms with Crippen molar-refractivity contribution in [2.75, 3.05) is 31.4 Å². The minimum Gasteiger partial charge on any atom is -0.491 e. The van der Waals surface area contributed by atoms with E-state index in [9.17, 15) is 30.8 Å². The van der Waals surface area contributed by atoms with Gasteiger partial charge in [0.05, 0.1) is 22.0 Å². The quantitative estimate of drug-likeness (QED) is 0.373. The van der Waals surface area contributed by atoms with E-state index in [4.69, 9.17) is 9.84 Å². The van der Waals surface area contributed by atoms with Crippen molar-refractivity contribution in [1.82, 2.24) is 4.31 Å². The summed E-state index contributed by atoms with van der Waals surface area (Å²) in [7, 11) is -2.87. The van der Waals surface area contributed by atoms with E-state index in [2.05, 4.69) is 0 Å². The monoisotopic (exact) mass is 554 g/mol. The molecule has 36 heavy (non-hydrogen) atoms. The maximum Gasteiger partial charge on any atom is 0.309 e. The number of benzene rings is 1. The lowest BCUT2D eigenvalue weighted by Gasteiger charge is -2.45. The normalized spacial score (nSPS) is 28.2. The first-order valence-electron chi connectivity index (χ1n) is 11.6. The smallest absolute Gasteiger partial charge is 0.309 e. The summed E-state index contributed by atoms with van der Waals surface area (Å²) in [5, 5.41) is 9.17. The van der Waals surface area contributed by atoms with Crippen molar-refractivity contribution in [3.63, 3.8) is 0 Å². The van der Waals surface area contributed by atoms with Crippen LogP contribution in [0.4, 0.5) is 23.2 Å². The summed E-state index contributed by atoms with van der Waals surface area (Å²) in [5.41, 5.74) is -0.906. The van der Waals surface area contributed by atoms with E-state index in [1.54, 1.807) is 17.2 Å². The summed E-state index contributed by atoms with van der Waals surface area (Å²) in [6, 6.07) is 2.22. The van der Waals surface area contributed by atoms with Gasteiger partial charge in [0.25, 0.3) is 5.92 Å². The van der Waals surface area contributed by atoms with E-state index in [1.165, 1.54) is 31.8 Å². The molecule has 2 aliphatic carbocycles. The van der Waals surface area contributed by atoms with Gasteiger partial charge in [-0.15, -0.1) is 11.8 Å². The van der Waals surface area contributed by atoms with Gasteiger partial charge < -0.3 is 14.7 Å². The van der Waals surface area contributed by atoms with E-state index < -0.39 is 70.5 Å². The van der Waals surface area contributed by atoms with E-state index in [-0.39, 0.29) is 35.9 Å². The number of anilines is 1. The second-order valence-corrected chi connectivity index (χ2v) is 13.1. The Morgan fingerprint density at radius 2 is 1.94 bits per heavy atom. The zero-order valence-corrected chi connectivity index (χ0v) is 22.1. The number of halogens is 4. The number of carboxylic acid groups (broad SMARTS) is 1. The van der Waals surface area contributed by atoms with Crippen molar-refractivity contribution in [3.05, 3.63) is 12.1 Å². The van der Waals surface area contributed by atoms with Gasteiger partial charge in [-0.25, -0.2) is 26.0 Å². The van der Waals surface area contributed by atoms with Crippen LogP contribution in [-0.4, -0.2) is 73.7 Å². The largest absolute Gasteiger partial charge is 0.491 e. The summed E-state index contributed by atoms with van der Waals surface area (Å²) in [6.07, 6.45) is 0.522. The third-order valence-corrected chi connectivity index (χ3v) is 10.2. The number of hydrogen-bond donors (Lipinski definition) is 1. The molecular weight excluding hydrogens is 524 g/mol. The molecule has 2 fully saturated rings. The van der Waals surface area contributed by atoms with Crippen LogP contribution in [0.5, 0.6) is 5.75 Å². The molecule has 1 N–H and O–H groups in total. The van der Waals surface area contributed by atoms with Crippen molar-refractivity contribution >= 4 is 33.4 Å². The summed E-state index contributed by atoms with van der Waals surface area (Å²) in [6.45, 7) is 2.07. The zero-order valence-electron chi connectivity index (χ0n) is 20.4. The molecular formula is C23H30F4N2O5S2. The molecule has 1 unspecified atom stereocenters. The van der Waals surface area contributed by atoms with E-state index in [0.29, 0.717) is 4.90 Å². The fraction of sp³-hybridized carbons (Fsp3) is 0.696. The van der Waals surface area contributed by atoms with Crippen LogP contribution in [0.3, 0.4) is 0 Å². The molecule has 1 aliphatic heterocycles. The first-order chi connectivity index (χ1) is 16.5. The third-order valence-electron chi connectivity index (χ3n) is 7.49. The van der Waals surface area contributed by atoms with Gasteiger partial charge in [-0.05, 0) is 38.5 Å². The molecule has 0 aromatic heterocycles. The van der Waals surface area contributed by atoms with Gasteiger partial charge in [0.1, 0.15) is 17.3 Å². The molecule has 1 aromatic carbocycles. The van der Waals surface area contributed by atoms with E-state index in [1.807, 2.05) is 0 Å². The van der Waals surface area contributed by atoms with Crippen LogP contribution in [0.1, 0.15) is 39.5 Å². The second-order valence-electron chi connectivity index (χ2n) is 10.3. The molecule has 1 heterocycles. The third kappa shape index (κ3) is 4.90. The first kappa shape index (κ1) is 27.3. The molecule has 2 saturated carbocycles. The van der Waals surface area contributed by atoms with Gasteiger partial charge in [0, 0.05) is 45.0 Å². The highest BCUT2D eigenvalue weighted by Gasteiger charge is 2.65. The van der Waals surface area contributed by atoms with Gasteiger partial charge in [-0.2, -0.15) is 4.31 Å². The number of rotatable bonds is 8. The molecule has 1 aromatic rings. The number of carboxylic acids is 1. The van der Waals surface area contributed by atoms with Gasteiger partial charge in [0.2, 0.25) is 15.9 Å². The molecule has 0 radical (unpaired) electrons. The lowest BCUT2D eigenvalue weighted by Crippen LogP contribution is -2.55. The number of thioether (sulfide) groups is 1. The molecule has 0 bridgehead atoms. The van der Waals surface area contributed by atoms with Crippen LogP contribution < -0.4 is 9.64 Å². The summed E-state index contributed by atoms with van der Waals surface area (Å²) in [4.78, 5) is 13.2. The van der Waals surface area contributed by atoms with Crippen LogP contribution in [0.25, 0.3) is 0 Å². The highest BCUT2D eigenvalue weighted by atomic mass is 32.2. The Bertz CT molecular complexity index is 1150. The van der Waals surface area contributed by atoms with E-state index in [0.717, 1.165) is 11.2 Å². The van der Waals surface area contributed by atoms with Crippen LogP contribution in [0, 0.1) is 11.8 Å². The number of fused-ring (bicyclic) bond motifs is 1. The Balaban J connectivity index is 1.80. The average Bonchev–Trinajstić information content (AvgIpc) is 3.44. The molecule has 202 valence electrons. The van der Waals surface area contributed by atoms with Gasteiger partial charge in [-0.1, -0.05) is 0 Å². The predicted octanol–water partition coefficient (Wildman–Crippen LogP) is 4.55. The Labute approximate surface area is 212 Å². The van der Waals surface area contributed by atoms with Crippen LogP contribution in [0.15, 0.2) is 21.9 Å². The average molecular weight is 555 g/mol. The van der Waals surface area contributed by atoms with Crippen LogP contribution in [-0.2, 0) is 14.8 Å². The molecule has 3 aliphatic rings. The number of hydrogen-bond acceptors (Lipinski definition) is 6. The highest BCUT2D eigenvalue weighted by molar-refractivity contribution is 7.98. The fourth-order valence-corrected chi connectivity index (χ4v) is 7.50. The number of sulfonamides is 1. The molecule has 3 atom stereocenters. The van der Waals surface area contributed by atoms with Gasteiger partial charge in [-0.3, -0.25) is 4.79 Å². The molecule has 0 amide bonds. The standard InChI is InChI=1S/C23H30F4N2O5S2/c1-13(20(30)31)11-34-17-6-19-16(5-18(17)35-4)29(15-9-23(26,27)10-15)12-22(28(3)36(19,32)33)8-14(22)7-21(2,24)25/h5-6,13-15H,7-12H2,1-4H3,(H,30,31)/t13-,14+,22?/m0/s1. The lowest BCUT2D eigenvalue weighted by molar-refractivity contribution is -0.142. The number of aliphatic carboxylic acids is 1. The summed E-state index contributed by atoms with van der Waals surface area (Å²) < 4.78 is 89.9. The minimum absolute atomic E-state index is 0.0291. The van der Waals surface area contributed by atoms with Crippen molar-refractivity contribution in [2.45, 2.75) is 72.7 Å². The minimum atomic E-state index is -4.22. The molecule has 4 rings (SSSR count). The van der Waals surface area contributed by atoms with Gasteiger partial charge in [0.15, 0.2) is 0 Å². The number of alkyl halides is 4. The Morgan fingerprint density at radius 3 is 2.47 bits per heavy atom. The summed E-state index contributed by atoms with van der Waals surface area (Å²) in [5.74, 6) is -8.25. The molecule has 7 nitrogen and oxygen atoms in total. The van der Waals surface area contributed by atoms with Crippen molar-refractivity contribution in [3.8, 4) is 5.75 Å². The van der Waals surface area contributed by atoms with Crippen molar-refractivity contribution < 1.29 is 40.6 Å². The number of ether oxygens (including phenoxy) is 1. The lowest BCUT2D eigenvalue weighted by atomic mass is 9.86. The highest BCUT2D eigenvalue weighted by Crippen LogP contribution is 2.58. The molecule has 13 heteroatoms. The Hall–Kier alpha value is -1.73. The maximum absolute atomic E-state index is 13.9. The zero-order chi connectivity index (χ0) is 26.8. The van der Waals surface area contributed by atoms with E-state index >= 15 is 0 Å². The number of carbonyl (C=O) groups is 1. The number of likely N-dealkylation sites (N-methyl/N-ethyl adjacent to an activating group) is 1. The Kier molecular flexibility index (Phi) is 6.78. The van der Waals surface area contributed by atoms with Crippen LogP contribution in [0.2, 0.25) is 0 Å². The summed E-state index contributed by atoms with van der Waals surface area (Å²) >= 11 is 1.24. The molecule has 1 spiro atoms. The maximum atomic E-state index is 13.9. The SMILES string of the molecule is CSc1cc2c(cc1OC[C@H](C)C(=O)O)S(=O)(=O)N(C)C1(C[C@H]1CC(C)(F)F)CN2C1CC(F)(F)C1. The first-order valence-corrected chi connectivity index (χ1v) is 14.3. The van der Waals surface area contributed by atoms with Crippen molar-refractivity contribution in [1.29, 1.82) is 0 Å².